The van der Waals surface area contributed by atoms with Gasteiger partial charge < -0.3 is 0 Å². The molecule has 1 saturated carbocycles. The van der Waals surface area contributed by atoms with Crippen molar-refractivity contribution in [2.24, 2.45) is 11.3 Å². The molecule has 2 rings (SSSR count). The Kier molecular flexibility index (Phi) is 5.14. The molecule has 0 saturated heterocycles. The zero-order valence-electron chi connectivity index (χ0n) is 15.3. The lowest BCUT2D eigenvalue weighted by Gasteiger charge is -2.29. The summed E-state index contributed by atoms with van der Waals surface area (Å²) in [5.41, 5.74) is 5.66. The molecule has 0 heterocycles. The molecule has 0 spiro atoms. The maximum absolute atomic E-state index is 12.3. The average Bonchev–Trinajstić information content (AvgIpc) is 2.75. The first-order chi connectivity index (χ1) is 10.3. The van der Waals surface area contributed by atoms with Crippen LogP contribution in [0.4, 0.5) is 0 Å². The second kappa shape index (κ2) is 6.56. The van der Waals surface area contributed by atoms with E-state index in [4.69, 9.17) is 0 Å². The quantitative estimate of drug-likeness (QED) is 0.676. The van der Waals surface area contributed by atoms with Gasteiger partial charge >= 0.3 is 0 Å². The topological polar surface area (TPSA) is 17.1 Å². The van der Waals surface area contributed by atoms with E-state index in [1.807, 2.05) is 0 Å². The zero-order chi connectivity index (χ0) is 16.5. The minimum Gasteiger partial charge on any atom is -0.299 e. The van der Waals surface area contributed by atoms with Gasteiger partial charge in [-0.2, -0.15) is 0 Å². The summed E-state index contributed by atoms with van der Waals surface area (Å²) in [6.07, 6.45) is 5.10. The van der Waals surface area contributed by atoms with E-state index in [2.05, 4.69) is 53.7 Å². The molecule has 0 radical (unpaired) electrons. The predicted molar refractivity (Wildman–Crippen MR) is 94.5 cm³/mol. The SMILES string of the molecule is CCc1cc(C)c(C)cc1C(C)CC[C@]1(C)C(=O)CCC1C. The van der Waals surface area contributed by atoms with Crippen LogP contribution in [0, 0.1) is 25.2 Å². The number of hydrogen-bond acceptors (Lipinski definition) is 1. The molecule has 22 heavy (non-hydrogen) atoms. The molecule has 1 fully saturated rings. The molecule has 1 aliphatic carbocycles. The fourth-order valence-corrected chi connectivity index (χ4v) is 3.95. The summed E-state index contributed by atoms with van der Waals surface area (Å²) < 4.78 is 0. The Morgan fingerprint density at radius 3 is 2.45 bits per heavy atom. The van der Waals surface area contributed by atoms with Crippen LogP contribution in [0.25, 0.3) is 0 Å². The van der Waals surface area contributed by atoms with E-state index >= 15 is 0 Å². The van der Waals surface area contributed by atoms with Crippen molar-refractivity contribution in [3.05, 3.63) is 34.4 Å². The van der Waals surface area contributed by atoms with Crippen LogP contribution in [0.5, 0.6) is 0 Å². The summed E-state index contributed by atoms with van der Waals surface area (Å²) in [6.45, 7) is 13.4. The monoisotopic (exact) mass is 300 g/mol. The van der Waals surface area contributed by atoms with Gasteiger partial charge in [0.2, 0.25) is 0 Å². The van der Waals surface area contributed by atoms with Gasteiger partial charge in [0.05, 0.1) is 0 Å². The molecule has 0 bridgehead atoms. The van der Waals surface area contributed by atoms with Crippen molar-refractivity contribution in [3.8, 4) is 0 Å². The number of benzene rings is 1. The fraction of sp³-hybridized carbons (Fsp3) is 0.667. The molecule has 0 aliphatic heterocycles. The molecule has 1 aromatic carbocycles. The van der Waals surface area contributed by atoms with Gasteiger partial charge in [-0.15, -0.1) is 0 Å². The molecular formula is C21H32O. The lowest BCUT2D eigenvalue weighted by molar-refractivity contribution is -0.126. The molecule has 3 atom stereocenters. The standard InChI is InChI=1S/C21H32O/c1-7-18-12-15(3)16(4)13-19(18)14(2)10-11-21(6)17(5)8-9-20(21)22/h12-14,17H,7-11H2,1-6H3/t14?,17?,21-/m0/s1. The molecule has 1 aliphatic rings. The van der Waals surface area contributed by atoms with Crippen molar-refractivity contribution in [2.75, 3.05) is 0 Å². The largest absolute Gasteiger partial charge is 0.299 e. The highest BCUT2D eigenvalue weighted by Gasteiger charge is 2.42. The molecule has 1 heteroatoms. The molecule has 0 aromatic heterocycles. The maximum atomic E-state index is 12.3. The third-order valence-electron chi connectivity index (χ3n) is 6.29. The summed E-state index contributed by atoms with van der Waals surface area (Å²) in [6, 6.07) is 4.73. The molecular weight excluding hydrogens is 268 g/mol. The zero-order valence-corrected chi connectivity index (χ0v) is 15.3. The number of hydrogen-bond donors (Lipinski definition) is 0. The second-order valence-electron chi connectivity index (χ2n) is 7.71. The number of Topliss-reactive ketones (excluding diaryl/α,β-unsaturated/α-hetero) is 1. The molecule has 0 amide bonds. The first-order valence-corrected chi connectivity index (χ1v) is 8.93. The minimum absolute atomic E-state index is 0.0830. The number of carbonyl (C=O) groups is 1. The summed E-state index contributed by atoms with van der Waals surface area (Å²) in [5.74, 6) is 1.56. The fourth-order valence-electron chi connectivity index (χ4n) is 3.95. The van der Waals surface area contributed by atoms with Crippen LogP contribution >= 0.6 is 0 Å². The Balaban J connectivity index is 2.14. The molecule has 122 valence electrons. The Hall–Kier alpha value is -1.11. The first-order valence-electron chi connectivity index (χ1n) is 8.93. The third kappa shape index (κ3) is 3.14. The van der Waals surface area contributed by atoms with Crippen molar-refractivity contribution in [2.45, 2.75) is 79.6 Å². The summed E-state index contributed by atoms with van der Waals surface area (Å²) in [7, 11) is 0. The van der Waals surface area contributed by atoms with Crippen molar-refractivity contribution in [3.63, 3.8) is 0 Å². The third-order valence-corrected chi connectivity index (χ3v) is 6.29. The second-order valence-corrected chi connectivity index (χ2v) is 7.71. The summed E-state index contributed by atoms with van der Waals surface area (Å²) in [5, 5.41) is 0. The van der Waals surface area contributed by atoms with Gasteiger partial charge in [0, 0.05) is 11.8 Å². The van der Waals surface area contributed by atoms with Crippen LogP contribution in [-0.4, -0.2) is 5.78 Å². The Labute approximate surface area is 136 Å². The number of aryl methyl sites for hydroxylation is 3. The van der Waals surface area contributed by atoms with Crippen LogP contribution in [-0.2, 0) is 11.2 Å². The van der Waals surface area contributed by atoms with Crippen LogP contribution < -0.4 is 0 Å². The highest BCUT2D eigenvalue weighted by molar-refractivity contribution is 5.86. The predicted octanol–water partition coefficient (Wildman–Crippen LogP) is 5.75. The Morgan fingerprint density at radius 2 is 1.91 bits per heavy atom. The van der Waals surface area contributed by atoms with Crippen molar-refractivity contribution >= 4 is 5.78 Å². The van der Waals surface area contributed by atoms with E-state index in [9.17, 15) is 4.79 Å². The minimum atomic E-state index is -0.0830. The van der Waals surface area contributed by atoms with E-state index in [1.165, 1.54) is 22.3 Å². The number of carbonyl (C=O) groups excluding carboxylic acids is 1. The normalized spacial score (nSPS) is 26.5. The smallest absolute Gasteiger partial charge is 0.139 e. The Morgan fingerprint density at radius 1 is 1.27 bits per heavy atom. The molecule has 2 unspecified atom stereocenters. The van der Waals surface area contributed by atoms with Gasteiger partial charge in [0.25, 0.3) is 0 Å². The molecule has 1 aromatic rings. The van der Waals surface area contributed by atoms with Gasteiger partial charge in [-0.25, -0.2) is 0 Å². The van der Waals surface area contributed by atoms with Crippen molar-refractivity contribution < 1.29 is 4.79 Å². The van der Waals surface area contributed by atoms with Crippen molar-refractivity contribution in [1.29, 1.82) is 0 Å². The number of rotatable bonds is 5. The van der Waals surface area contributed by atoms with Gasteiger partial charge in [-0.05, 0) is 73.6 Å². The Bertz CT molecular complexity index is 557. The van der Waals surface area contributed by atoms with E-state index in [1.54, 1.807) is 0 Å². The first kappa shape index (κ1) is 17.2. The van der Waals surface area contributed by atoms with E-state index in [-0.39, 0.29) is 5.41 Å². The van der Waals surface area contributed by atoms with Gasteiger partial charge in [0.15, 0.2) is 0 Å². The summed E-state index contributed by atoms with van der Waals surface area (Å²) >= 11 is 0. The van der Waals surface area contributed by atoms with Crippen molar-refractivity contribution in [1.82, 2.24) is 0 Å². The lowest BCUT2D eigenvalue weighted by Crippen LogP contribution is -2.28. The summed E-state index contributed by atoms with van der Waals surface area (Å²) in [4.78, 5) is 12.3. The molecule has 1 nitrogen and oxygen atoms in total. The van der Waals surface area contributed by atoms with Gasteiger partial charge in [-0.3, -0.25) is 4.79 Å². The van der Waals surface area contributed by atoms with Crippen LogP contribution in [0.3, 0.4) is 0 Å². The van der Waals surface area contributed by atoms with Crippen LogP contribution in [0.2, 0.25) is 0 Å². The lowest BCUT2D eigenvalue weighted by atomic mass is 9.74. The van der Waals surface area contributed by atoms with Crippen LogP contribution in [0.1, 0.15) is 81.5 Å². The van der Waals surface area contributed by atoms with E-state index in [0.29, 0.717) is 17.6 Å². The maximum Gasteiger partial charge on any atom is 0.139 e. The van der Waals surface area contributed by atoms with Crippen LogP contribution in [0.15, 0.2) is 12.1 Å². The average molecular weight is 300 g/mol. The molecule has 0 N–H and O–H groups in total. The highest BCUT2D eigenvalue weighted by atomic mass is 16.1. The van der Waals surface area contributed by atoms with E-state index in [0.717, 1.165) is 32.1 Å². The highest BCUT2D eigenvalue weighted by Crippen LogP contribution is 2.45. The van der Waals surface area contributed by atoms with Gasteiger partial charge in [-0.1, -0.05) is 39.8 Å². The van der Waals surface area contributed by atoms with E-state index < -0.39 is 0 Å². The number of ketones is 1. The van der Waals surface area contributed by atoms with Gasteiger partial charge in [0.1, 0.15) is 5.78 Å².